The second-order valence-electron chi connectivity index (χ2n) is 8.17. The van der Waals surface area contributed by atoms with E-state index in [0.717, 1.165) is 17.8 Å². The number of aromatic nitrogens is 1. The molecular weight excluding hydrogens is 449 g/mol. The summed E-state index contributed by atoms with van der Waals surface area (Å²) in [5.74, 6) is 0.307. The summed E-state index contributed by atoms with van der Waals surface area (Å²) >= 11 is 0. The number of anilines is 1. The molecule has 0 saturated carbocycles. The molecule has 7 nitrogen and oxygen atoms in total. The zero-order chi connectivity index (χ0) is 24.9. The molecule has 3 amide bonds. The molecule has 0 spiro atoms. The van der Waals surface area contributed by atoms with Crippen molar-refractivity contribution in [2.45, 2.75) is 39.2 Å². The number of carbonyl (C=O) groups is 2. The molecule has 3 aromatic rings. The van der Waals surface area contributed by atoms with E-state index in [2.05, 4.69) is 5.32 Å². The standard InChI is InChI=1S/C24H27F3N4O3/c1-17(2)31(23(33)28-19-10-8-18(9-11-19)24(25,26)27)16-22(32)30(15-21-7-5-13-34-21)14-20-6-4-12-29(20)3/h4-13,17H,14-16H2,1-3H3,(H,28,33). The lowest BCUT2D eigenvalue weighted by molar-refractivity contribution is -0.137. The smallest absolute Gasteiger partial charge is 0.416 e. The van der Waals surface area contributed by atoms with Crippen LogP contribution in [0.3, 0.4) is 0 Å². The molecule has 0 aliphatic rings. The predicted molar refractivity (Wildman–Crippen MR) is 121 cm³/mol. The maximum atomic E-state index is 13.3. The van der Waals surface area contributed by atoms with Crippen molar-refractivity contribution in [2.24, 2.45) is 7.05 Å². The molecule has 0 saturated heterocycles. The molecule has 10 heteroatoms. The quantitative estimate of drug-likeness (QED) is 0.491. The van der Waals surface area contributed by atoms with Crippen molar-refractivity contribution in [3.63, 3.8) is 0 Å². The van der Waals surface area contributed by atoms with Crippen molar-refractivity contribution < 1.29 is 27.2 Å². The molecule has 0 radical (unpaired) electrons. The number of hydrogen-bond donors (Lipinski definition) is 1. The highest BCUT2D eigenvalue weighted by Crippen LogP contribution is 2.29. The third kappa shape index (κ3) is 6.43. The number of nitrogens with zero attached hydrogens (tertiary/aromatic N) is 3. The van der Waals surface area contributed by atoms with Crippen LogP contribution in [-0.4, -0.2) is 38.9 Å². The number of carbonyl (C=O) groups excluding carboxylic acids is 2. The Balaban J connectivity index is 1.72. The molecule has 0 unspecified atom stereocenters. The van der Waals surface area contributed by atoms with Gasteiger partial charge in [-0.2, -0.15) is 13.2 Å². The summed E-state index contributed by atoms with van der Waals surface area (Å²) in [5.41, 5.74) is 0.299. The van der Waals surface area contributed by atoms with Crippen molar-refractivity contribution in [2.75, 3.05) is 11.9 Å². The fourth-order valence-corrected chi connectivity index (χ4v) is 3.35. The molecule has 2 heterocycles. The van der Waals surface area contributed by atoms with Gasteiger partial charge in [0.25, 0.3) is 0 Å². The monoisotopic (exact) mass is 476 g/mol. The van der Waals surface area contributed by atoms with Crippen LogP contribution in [0.15, 0.2) is 65.4 Å². The highest BCUT2D eigenvalue weighted by atomic mass is 19.4. The molecule has 182 valence electrons. The van der Waals surface area contributed by atoms with E-state index in [4.69, 9.17) is 4.42 Å². The number of halogens is 3. The molecule has 3 rings (SSSR count). The van der Waals surface area contributed by atoms with E-state index in [-0.39, 0.29) is 30.7 Å². The van der Waals surface area contributed by atoms with Gasteiger partial charge in [0, 0.05) is 30.7 Å². The number of amides is 3. The van der Waals surface area contributed by atoms with Gasteiger partial charge in [-0.3, -0.25) is 4.79 Å². The number of hydrogen-bond acceptors (Lipinski definition) is 3. The molecule has 0 aliphatic carbocycles. The van der Waals surface area contributed by atoms with Crippen molar-refractivity contribution in [1.29, 1.82) is 0 Å². The lowest BCUT2D eigenvalue weighted by Gasteiger charge is -2.30. The Labute approximate surface area is 195 Å². The van der Waals surface area contributed by atoms with Crippen LogP contribution in [0, 0.1) is 0 Å². The van der Waals surface area contributed by atoms with Gasteiger partial charge in [0.05, 0.1) is 24.9 Å². The topological polar surface area (TPSA) is 70.7 Å². The number of urea groups is 1. The Morgan fingerprint density at radius 2 is 1.76 bits per heavy atom. The maximum absolute atomic E-state index is 13.3. The second-order valence-corrected chi connectivity index (χ2v) is 8.17. The first-order chi connectivity index (χ1) is 16.0. The molecule has 0 bridgehead atoms. The van der Waals surface area contributed by atoms with Gasteiger partial charge in [0.2, 0.25) is 5.91 Å². The molecule has 0 atom stereocenters. The number of nitrogens with one attached hydrogen (secondary N) is 1. The van der Waals surface area contributed by atoms with Crippen LogP contribution in [0.5, 0.6) is 0 Å². The average Bonchev–Trinajstić information content (AvgIpc) is 3.42. The Kier molecular flexibility index (Phi) is 7.70. The van der Waals surface area contributed by atoms with E-state index < -0.39 is 17.8 Å². The van der Waals surface area contributed by atoms with Gasteiger partial charge in [-0.1, -0.05) is 0 Å². The van der Waals surface area contributed by atoms with Crippen LogP contribution in [0.2, 0.25) is 0 Å². The zero-order valence-corrected chi connectivity index (χ0v) is 19.2. The number of aryl methyl sites for hydroxylation is 1. The first kappa shape index (κ1) is 24.9. The number of rotatable bonds is 8. The van der Waals surface area contributed by atoms with E-state index in [1.807, 2.05) is 29.9 Å². The van der Waals surface area contributed by atoms with E-state index >= 15 is 0 Å². The summed E-state index contributed by atoms with van der Waals surface area (Å²) < 4.78 is 45.7. The number of benzene rings is 1. The highest BCUT2D eigenvalue weighted by Gasteiger charge is 2.30. The van der Waals surface area contributed by atoms with Gasteiger partial charge < -0.3 is 24.1 Å². The third-order valence-corrected chi connectivity index (χ3v) is 5.34. The molecule has 34 heavy (non-hydrogen) atoms. The average molecular weight is 476 g/mol. The predicted octanol–water partition coefficient (Wildman–Crippen LogP) is 5.11. The Morgan fingerprint density at radius 1 is 1.06 bits per heavy atom. The minimum absolute atomic E-state index is 0.201. The number of alkyl halides is 3. The summed E-state index contributed by atoms with van der Waals surface area (Å²) in [6.45, 7) is 3.84. The lowest BCUT2D eigenvalue weighted by Crippen LogP contribution is -2.47. The van der Waals surface area contributed by atoms with Gasteiger partial charge in [-0.05, 0) is 62.4 Å². The van der Waals surface area contributed by atoms with Gasteiger partial charge in [-0.25, -0.2) is 4.79 Å². The molecule has 0 aliphatic heterocycles. The van der Waals surface area contributed by atoms with Crippen molar-refractivity contribution in [3.8, 4) is 0 Å². The van der Waals surface area contributed by atoms with E-state index in [0.29, 0.717) is 12.3 Å². The van der Waals surface area contributed by atoms with Crippen LogP contribution in [0.1, 0.15) is 30.9 Å². The summed E-state index contributed by atoms with van der Waals surface area (Å²) in [6, 6.07) is 10.5. The van der Waals surface area contributed by atoms with Gasteiger partial charge in [0.15, 0.2) is 0 Å². The van der Waals surface area contributed by atoms with Gasteiger partial charge in [0.1, 0.15) is 12.3 Å². The summed E-state index contributed by atoms with van der Waals surface area (Å²) in [6.07, 6.45) is -1.06. The Morgan fingerprint density at radius 3 is 2.29 bits per heavy atom. The van der Waals surface area contributed by atoms with Gasteiger partial charge >= 0.3 is 12.2 Å². The number of furan rings is 1. The van der Waals surface area contributed by atoms with Crippen molar-refractivity contribution in [3.05, 3.63) is 78.0 Å². The Bertz CT molecular complexity index is 1090. The Hall–Kier alpha value is -3.69. The van der Waals surface area contributed by atoms with Crippen molar-refractivity contribution >= 4 is 17.6 Å². The summed E-state index contributed by atoms with van der Waals surface area (Å²) in [7, 11) is 1.88. The molecular formula is C24H27F3N4O3. The van der Waals surface area contributed by atoms with Crippen LogP contribution < -0.4 is 5.32 Å². The maximum Gasteiger partial charge on any atom is 0.416 e. The molecule has 2 aromatic heterocycles. The van der Waals surface area contributed by atoms with E-state index in [1.54, 1.807) is 30.9 Å². The fourth-order valence-electron chi connectivity index (χ4n) is 3.35. The first-order valence-corrected chi connectivity index (χ1v) is 10.7. The van der Waals surface area contributed by atoms with Crippen molar-refractivity contribution in [1.82, 2.24) is 14.4 Å². The zero-order valence-electron chi connectivity index (χ0n) is 19.2. The van der Waals surface area contributed by atoms with Crippen LogP contribution in [0.25, 0.3) is 0 Å². The van der Waals surface area contributed by atoms with Crippen LogP contribution >= 0.6 is 0 Å². The SMILES string of the molecule is CC(C)N(CC(=O)N(Cc1ccco1)Cc1cccn1C)C(=O)Nc1ccc(C(F)(F)F)cc1. The summed E-state index contributed by atoms with van der Waals surface area (Å²) in [5, 5.41) is 2.57. The van der Waals surface area contributed by atoms with Crippen LogP contribution in [0.4, 0.5) is 23.7 Å². The molecule has 1 aromatic carbocycles. The van der Waals surface area contributed by atoms with E-state index in [9.17, 15) is 22.8 Å². The molecule has 1 N–H and O–H groups in total. The minimum atomic E-state index is -4.46. The first-order valence-electron chi connectivity index (χ1n) is 10.7. The third-order valence-electron chi connectivity index (χ3n) is 5.34. The second kappa shape index (κ2) is 10.5. The molecule has 0 fully saturated rings. The fraction of sp³-hybridized carbons (Fsp3) is 0.333. The van der Waals surface area contributed by atoms with Crippen LogP contribution in [-0.2, 0) is 31.1 Å². The largest absolute Gasteiger partial charge is 0.467 e. The lowest BCUT2D eigenvalue weighted by atomic mass is 10.2. The minimum Gasteiger partial charge on any atom is -0.467 e. The normalized spacial score (nSPS) is 11.5. The summed E-state index contributed by atoms with van der Waals surface area (Å²) in [4.78, 5) is 29.1. The highest BCUT2D eigenvalue weighted by molar-refractivity contribution is 5.92. The van der Waals surface area contributed by atoms with Gasteiger partial charge in [-0.15, -0.1) is 0 Å². The van der Waals surface area contributed by atoms with E-state index in [1.165, 1.54) is 23.3 Å².